The number of nitrogens with one attached hydrogen (secondary N) is 1. The first-order valence-electron chi connectivity index (χ1n) is 9.72. The predicted octanol–water partition coefficient (Wildman–Crippen LogP) is 4.64. The number of nitrogens with zero attached hydrogens (tertiary/aromatic N) is 1. The number of anilines is 2. The third-order valence-corrected chi connectivity index (χ3v) is 6.82. The Morgan fingerprint density at radius 3 is 2.33 bits per heavy atom. The van der Waals surface area contributed by atoms with E-state index in [9.17, 15) is 17.6 Å². The molecule has 3 rings (SSSR count). The lowest BCUT2D eigenvalue weighted by molar-refractivity contribution is -0.114. The largest absolute Gasteiger partial charge is 0.497 e. The molecule has 0 spiro atoms. The molecule has 3 aromatic rings. The van der Waals surface area contributed by atoms with Crippen molar-refractivity contribution in [1.82, 2.24) is 0 Å². The Labute approximate surface area is 196 Å². The standard InChI is InChI=1S/C23H22ClFN2O5S/c1-15-4-8-18(9-5-15)33(29,30)27(21-11-7-17(31-2)13-22(21)32-3)14-23(28)26-16-6-10-20(25)19(24)12-16/h4-13H,14H2,1-3H3,(H,26,28). The Morgan fingerprint density at radius 2 is 1.73 bits per heavy atom. The van der Waals surface area contributed by atoms with Crippen molar-refractivity contribution < 1.29 is 27.1 Å². The van der Waals surface area contributed by atoms with Crippen molar-refractivity contribution in [1.29, 1.82) is 0 Å². The first-order chi connectivity index (χ1) is 15.6. The van der Waals surface area contributed by atoms with Crippen molar-refractivity contribution >= 4 is 38.9 Å². The molecular weight excluding hydrogens is 471 g/mol. The number of ether oxygens (including phenoxy) is 2. The average molecular weight is 493 g/mol. The molecular formula is C23H22ClFN2O5S. The van der Waals surface area contributed by atoms with Crippen molar-refractivity contribution in [3.8, 4) is 11.5 Å². The molecule has 0 saturated heterocycles. The summed E-state index contributed by atoms with van der Waals surface area (Å²) in [6.07, 6.45) is 0. The Bertz CT molecular complexity index is 1270. The summed E-state index contributed by atoms with van der Waals surface area (Å²) in [6, 6.07) is 14.5. The quantitative estimate of drug-likeness (QED) is 0.495. The molecule has 7 nitrogen and oxygen atoms in total. The molecule has 10 heteroatoms. The molecule has 0 saturated carbocycles. The number of carbonyl (C=O) groups is 1. The highest BCUT2D eigenvalue weighted by Gasteiger charge is 2.30. The molecule has 1 amide bonds. The van der Waals surface area contributed by atoms with E-state index in [0.717, 1.165) is 15.9 Å². The zero-order valence-corrected chi connectivity index (χ0v) is 19.7. The van der Waals surface area contributed by atoms with E-state index in [4.69, 9.17) is 21.1 Å². The molecule has 3 aromatic carbocycles. The van der Waals surface area contributed by atoms with Crippen LogP contribution in [0.25, 0.3) is 0 Å². The number of methoxy groups -OCH3 is 2. The molecule has 0 aliphatic heterocycles. The molecule has 174 valence electrons. The predicted molar refractivity (Wildman–Crippen MR) is 125 cm³/mol. The average Bonchev–Trinajstić information content (AvgIpc) is 2.79. The third-order valence-electron chi connectivity index (χ3n) is 4.76. The van der Waals surface area contributed by atoms with Gasteiger partial charge in [-0.1, -0.05) is 29.3 Å². The fraction of sp³-hybridized carbons (Fsp3) is 0.174. The van der Waals surface area contributed by atoms with Gasteiger partial charge in [-0.2, -0.15) is 0 Å². The highest BCUT2D eigenvalue weighted by molar-refractivity contribution is 7.92. The summed E-state index contributed by atoms with van der Waals surface area (Å²) >= 11 is 5.77. The van der Waals surface area contributed by atoms with Crippen LogP contribution in [0.15, 0.2) is 65.6 Å². The Kier molecular flexibility index (Phi) is 7.45. The van der Waals surface area contributed by atoms with Gasteiger partial charge in [0.1, 0.15) is 23.9 Å². The number of benzene rings is 3. The third kappa shape index (κ3) is 5.55. The van der Waals surface area contributed by atoms with Gasteiger partial charge in [-0.15, -0.1) is 0 Å². The van der Waals surface area contributed by atoms with E-state index < -0.39 is 28.3 Å². The molecule has 0 aliphatic rings. The van der Waals surface area contributed by atoms with Gasteiger partial charge in [-0.3, -0.25) is 9.10 Å². The summed E-state index contributed by atoms with van der Waals surface area (Å²) in [5.74, 6) is -0.649. The van der Waals surface area contributed by atoms with Gasteiger partial charge in [0.15, 0.2) is 0 Å². The molecule has 0 atom stereocenters. The van der Waals surface area contributed by atoms with Gasteiger partial charge in [0.25, 0.3) is 10.0 Å². The van der Waals surface area contributed by atoms with E-state index in [1.54, 1.807) is 18.2 Å². The lowest BCUT2D eigenvalue weighted by atomic mass is 10.2. The highest BCUT2D eigenvalue weighted by Crippen LogP contribution is 2.35. The summed E-state index contributed by atoms with van der Waals surface area (Å²) in [6.45, 7) is 1.26. The van der Waals surface area contributed by atoms with Crippen LogP contribution in [0.4, 0.5) is 15.8 Å². The summed E-state index contributed by atoms with van der Waals surface area (Å²) in [4.78, 5) is 12.8. The van der Waals surface area contributed by atoms with Crippen LogP contribution in [0.5, 0.6) is 11.5 Å². The number of amides is 1. The molecule has 0 aromatic heterocycles. The lowest BCUT2D eigenvalue weighted by Gasteiger charge is -2.26. The van der Waals surface area contributed by atoms with Crippen LogP contribution in [-0.4, -0.2) is 35.1 Å². The van der Waals surface area contributed by atoms with E-state index in [1.165, 1.54) is 50.6 Å². The summed E-state index contributed by atoms with van der Waals surface area (Å²) in [5.41, 5.74) is 1.25. The molecule has 33 heavy (non-hydrogen) atoms. The van der Waals surface area contributed by atoms with E-state index in [2.05, 4.69) is 5.32 Å². The SMILES string of the molecule is COc1ccc(N(CC(=O)Nc2ccc(F)c(Cl)c2)S(=O)(=O)c2ccc(C)cc2)c(OC)c1. The molecule has 0 unspecified atom stereocenters. The van der Waals surface area contributed by atoms with Crippen LogP contribution in [0.2, 0.25) is 5.02 Å². The smallest absolute Gasteiger partial charge is 0.264 e. The number of halogens is 2. The lowest BCUT2D eigenvalue weighted by Crippen LogP contribution is -2.38. The van der Waals surface area contributed by atoms with Crippen LogP contribution < -0.4 is 19.1 Å². The maximum atomic E-state index is 13.5. The van der Waals surface area contributed by atoms with E-state index in [-0.39, 0.29) is 27.0 Å². The normalized spacial score (nSPS) is 11.1. The Balaban J connectivity index is 2.02. The van der Waals surface area contributed by atoms with Crippen molar-refractivity contribution in [2.24, 2.45) is 0 Å². The van der Waals surface area contributed by atoms with Crippen LogP contribution in [0.3, 0.4) is 0 Å². The summed E-state index contributed by atoms with van der Waals surface area (Å²) in [7, 11) is -1.31. The second-order valence-electron chi connectivity index (χ2n) is 7.04. The van der Waals surface area contributed by atoms with Gasteiger partial charge in [0.05, 0.1) is 29.8 Å². The number of aryl methyl sites for hydroxylation is 1. The van der Waals surface area contributed by atoms with Crippen LogP contribution in [-0.2, 0) is 14.8 Å². The second kappa shape index (κ2) is 10.1. The van der Waals surface area contributed by atoms with Crippen molar-refractivity contribution in [3.05, 3.63) is 77.1 Å². The maximum Gasteiger partial charge on any atom is 0.264 e. The van der Waals surface area contributed by atoms with E-state index >= 15 is 0 Å². The zero-order valence-electron chi connectivity index (χ0n) is 18.1. The number of rotatable bonds is 8. The minimum absolute atomic E-state index is 0.00333. The van der Waals surface area contributed by atoms with Gasteiger partial charge < -0.3 is 14.8 Å². The number of sulfonamides is 1. The first kappa shape index (κ1) is 24.3. The molecule has 0 radical (unpaired) electrons. The van der Waals surface area contributed by atoms with Crippen molar-refractivity contribution in [2.45, 2.75) is 11.8 Å². The summed E-state index contributed by atoms with van der Waals surface area (Å²) in [5, 5.41) is 2.37. The Hall–Kier alpha value is -3.30. The number of carbonyl (C=O) groups excluding carboxylic acids is 1. The fourth-order valence-electron chi connectivity index (χ4n) is 3.03. The van der Waals surface area contributed by atoms with Crippen LogP contribution >= 0.6 is 11.6 Å². The van der Waals surface area contributed by atoms with Gasteiger partial charge >= 0.3 is 0 Å². The van der Waals surface area contributed by atoms with E-state index in [1.807, 2.05) is 6.92 Å². The van der Waals surface area contributed by atoms with E-state index in [0.29, 0.717) is 5.75 Å². The topological polar surface area (TPSA) is 84.9 Å². The monoisotopic (exact) mass is 492 g/mol. The van der Waals surface area contributed by atoms with Crippen molar-refractivity contribution in [2.75, 3.05) is 30.4 Å². The maximum absolute atomic E-state index is 13.5. The number of hydrogen-bond donors (Lipinski definition) is 1. The first-order valence-corrected chi connectivity index (χ1v) is 11.5. The van der Waals surface area contributed by atoms with Gasteiger partial charge in [0, 0.05) is 11.8 Å². The summed E-state index contributed by atoms with van der Waals surface area (Å²) < 4.78 is 52.0. The fourth-order valence-corrected chi connectivity index (χ4v) is 4.64. The number of hydrogen-bond acceptors (Lipinski definition) is 5. The van der Waals surface area contributed by atoms with Gasteiger partial charge in [-0.05, 0) is 49.4 Å². The zero-order chi connectivity index (χ0) is 24.2. The highest BCUT2D eigenvalue weighted by atomic mass is 35.5. The minimum Gasteiger partial charge on any atom is -0.497 e. The second-order valence-corrected chi connectivity index (χ2v) is 9.31. The molecule has 0 bridgehead atoms. The molecule has 0 fully saturated rings. The minimum atomic E-state index is -4.16. The van der Waals surface area contributed by atoms with Crippen LogP contribution in [0.1, 0.15) is 5.56 Å². The molecule has 1 N–H and O–H groups in total. The van der Waals surface area contributed by atoms with Gasteiger partial charge in [-0.25, -0.2) is 12.8 Å². The van der Waals surface area contributed by atoms with Crippen LogP contribution in [0, 0.1) is 12.7 Å². The van der Waals surface area contributed by atoms with Crippen molar-refractivity contribution in [3.63, 3.8) is 0 Å². The molecule has 0 heterocycles. The molecule has 0 aliphatic carbocycles. The Morgan fingerprint density at radius 1 is 1.03 bits per heavy atom. The van der Waals surface area contributed by atoms with Gasteiger partial charge in [0.2, 0.25) is 5.91 Å².